The Hall–Kier alpha value is -0.500. The van der Waals surface area contributed by atoms with Crippen molar-refractivity contribution < 1.29 is 8.85 Å². The third-order valence-electron chi connectivity index (χ3n) is 1.20. The molecule has 0 aromatic heterocycles. The summed E-state index contributed by atoms with van der Waals surface area (Å²) in [4.78, 5) is 0. The summed E-state index contributed by atoms with van der Waals surface area (Å²) >= 11 is 3.29. The van der Waals surface area contributed by atoms with Crippen LogP contribution in [0.1, 0.15) is 9.68 Å². The lowest BCUT2D eigenvalue weighted by Gasteiger charge is -1.98. The molecule has 54 valence electrons. The van der Waals surface area contributed by atoms with Crippen LogP contribution in [0.4, 0.5) is 0 Å². The number of hydrogen-bond donors (Lipinski definition) is 0. The predicted octanol–water partition coefficient (Wildman–Crippen LogP) is 2.59. The van der Waals surface area contributed by atoms with Crippen molar-refractivity contribution in [3.8, 4) is 5.75 Å². The molecule has 0 aliphatic heterocycles. The van der Waals surface area contributed by atoms with Crippen LogP contribution in [0.3, 0.4) is 0 Å². The summed E-state index contributed by atoms with van der Waals surface area (Å²) in [7, 11) is -2.37. The van der Waals surface area contributed by atoms with Gasteiger partial charge in [0.05, 0.1) is 11.2 Å². The number of hydrogen-bond acceptors (Lipinski definition) is 1. The number of methoxy groups -OCH3 is 1. The Balaban J connectivity index is 2.70. The maximum atomic E-state index is 6.87. The minimum Gasteiger partial charge on any atom is -0.497 e. The van der Waals surface area contributed by atoms with Crippen molar-refractivity contribution in [2.75, 3.05) is 7.04 Å². The van der Waals surface area contributed by atoms with Gasteiger partial charge in [-0.15, -0.1) is 0 Å². The number of alkyl halides is 1. The van der Waals surface area contributed by atoms with E-state index in [2.05, 4.69) is 20.7 Å². The highest BCUT2D eigenvalue weighted by molar-refractivity contribution is 9.08. The Morgan fingerprint density at radius 1 is 1.50 bits per heavy atom. The minimum atomic E-state index is -2.37. The van der Waals surface area contributed by atoms with Gasteiger partial charge in [-0.3, -0.25) is 0 Å². The Morgan fingerprint density at radius 3 is 2.70 bits per heavy atom. The fourth-order valence-electron chi connectivity index (χ4n) is 0.647. The summed E-state index contributed by atoms with van der Waals surface area (Å²) in [6.45, 7) is 0. The van der Waals surface area contributed by atoms with Crippen LogP contribution in [0.2, 0.25) is 0 Å². The van der Waals surface area contributed by atoms with Crippen molar-refractivity contribution in [3.05, 3.63) is 29.8 Å². The van der Waals surface area contributed by atoms with Gasteiger partial charge in [-0.25, -0.2) is 0 Å². The molecule has 0 saturated heterocycles. The van der Waals surface area contributed by atoms with E-state index in [4.69, 9.17) is 4.11 Å². The van der Waals surface area contributed by atoms with Gasteiger partial charge in [0.1, 0.15) is 5.75 Å². The van der Waals surface area contributed by atoms with Gasteiger partial charge < -0.3 is 4.74 Å². The Bertz CT molecular complexity index is 268. The highest BCUT2D eigenvalue weighted by atomic mass is 79.9. The third kappa shape index (κ3) is 1.74. The van der Waals surface area contributed by atoms with Crippen LogP contribution < -0.4 is 4.74 Å². The standard InChI is InChI=1S/C8H9BrO/c1-10-8-4-2-7(6-9)3-5-8/h2-5H,6H2,1H3/i1D3. The van der Waals surface area contributed by atoms with Gasteiger partial charge in [0.25, 0.3) is 0 Å². The monoisotopic (exact) mass is 203 g/mol. The van der Waals surface area contributed by atoms with Crippen LogP contribution in [0.5, 0.6) is 5.75 Å². The fraction of sp³-hybridized carbons (Fsp3) is 0.250. The Morgan fingerprint density at radius 2 is 2.20 bits per heavy atom. The zero-order valence-corrected chi connectivity index (χ0v) is 6.89. The summed E-state index contributed by atoms with van der Waals surface area (Å²) in [5.41, 5.74) is 1.08. The first-order valence-electron chi connectivity index (χ1n) is 4.35. The quantitative estimate of drug-likeness (QED) is 0.672. The lowest BCUT2D eigenvalue weighted by Crippen LogP contribution is -1.82. The first-order chi connectivity index (χ1) is 6.01. The lowest BCUT2D eigenvalue weighted by atomic mass is 10.2. The smallest absolute Gasteiger partial charge is 0.118 e. The Labute approximate surface area is 73.4 Å². The van der Waals surface area contributed by atoms with Gasteiger partial charge in [-0.2, -0.15) is 0 Å². The van der Waals surface area contributed by atoms with Crippen LogP contribution in [0.25, 0.3) is 0 Å². The van der Waals surface area contributed by atoms with Gasteiger partial charge in [-0.05, 0) is 17.7 Å². The topological polar surface area (TPSA) is 9.23 Å². The van der Waals surface area contributed by atoms with Crippen LogP contribution in [0, 0.1) is 0 Å². The second kappa shape index (κ2) is 3.62. The number of benzene rings is 1. The summed E-state index contributed by atoms with van der Waals surface area (Å²) in [6, 6.07) is 6.91. The molecule has 0 bridgehead atoms. The molecule has 1 aromatic carbocycles. The van der Waals surface area contributed by atoms with Crippen molar-refractivity contribution >= 4 is 15.9 Å². The summed E-state index contributed by atoms with van der Waals surface area (Å²) in [5.74, 6) is 0.365. The van der Waals surface area contributed by atoms with Crippen molar-refractivity contribution in [2.24, 2.45) is 0 Å². The molecule has 0 amide bonds. The molecule has 0 radical (unpaired) electrons. The van der Waals surface area contributed by atoms with E-state index < -0.39 is 7.04 Å². The molecule has 0 spiro atoms. The van der Waals surface area contributed by atoms with E-state index in [1.54, 1.807) is 12.1 Å². The predicted molar refractivity (Wildman–Crippen MR) is 45.6 cm³/mol. The lowest BCUT2D eigenvalue weighted by molar-refractivity contribution is 0.414. The molecule has 0 atom stereocenters. The molecule has 0 N–H and O–H groups in total. The van der Waals surface area contributed by atoms with Crippen molar-refractivity contribution in [2.45, 2.75) is 5.33 Å². The van der Waals surface area contributed by atoms with E-state index in [-0.39, 0.29) is 0 Å². The maximum absolute atomic E-state index is 6.87. The van der Waals surface area contributed by atoms with Gasteiger partial charge in [0, 0.05) is 5.33 Å². The van der Waals surface area contributed by atoms with Crippen LogP contribution in [0.15, 0.2) is 24.3 Å². The van der Waals surface area contributed by atoms with E-state index >= 15 is 0 Å². The second-order valence-electron chi connectivity index (χ2n) is 1.88. The molecule has 0 unspecified atom stereocenters. The summed E-state index contributed by atoms with van der Waals surface area (Å²) < 4.78 is 25.3. The highest BCUT2D eigenvalue weighted by Gasteiger charge is 1.89. The number of halogens is 1. The van der Waals surface area contributed by atoms with Crippen molar-refractivity contribution in [3.63, 3.8) is 0 Å². The summed E-state index contributed by atoms with van der Waals surface area (Å²) in [6.07, 6.45) is 0. The number of ether oxygens (including phenoxy) is 1. The van der Waals surface area contributed by atoms with E-state index in [0.717, 1.165) is 10.9 Å². The van der Waals surface area contributed by atoms with Crippen molar-refractivity contribution in [1.29, 1.82) is 0 Å². The van der Waals surface area contributed by atoms with Gasteiger partial charge >= 0.3 is 0 Å². The van der Waals surface area contributed by atoms with E-state index in [0.29, 0.717) is 5.75 Å². The van der Waals surface area contributed by atoms with E-state index in [1.807, 2.05) is 12.1 Å². The van der Waals surface area contributed by atoms with Gasteiger partial charge in [0.15, 0.2) is 0 Å². The largest absolute Gasteiger partial charge is 0.497 e. The maximum Gasteiger partial charge on any atom is 0.118 e. The average Bonchev–Trinajstić information content (AvgIpc) is 2.03. The molecular weight excluding hydrogens is 192 g/mol. The fourth-order valence-corrected chi connectivity index (χ4v) is 1.02. The molecule has 2 heteroatoms. The van der Waals surface area contributed by atoms with Gasteiger partial charge in [-0.1, -0.05) is 28.1 Å². The highest BCUT2D eigenvalue weighted by Crippen LogP contribution is 2.12. The van der Waals surface area contributed by atoms with Gasteiger partial charge in [0.2, 0.25) is 0 Å². The van der Waals surface area contributed by atoms with Crippen LogP contribution >= 0.6 is 15.9 Å². The zero-order chi connectivity index (χ0) is 9.90. The van der Waals surface area contributed by atoms with E-state index in [1.165, 1.54) is 0 Å². The molecule has 0 aliphatic rings. The molecular formula is C8H9BrO. The molecule has 0 fully saturated rings. The third-order valence-corrected chi connectivity index (χ3v) is 1.84. The first kappa shape index (κ1) is 4.39. The molecule has 0 heterocycles. The average molecular weight is 204 g/mol. The molecule has 1 nitrogen and oxygen atoms in total. The van der Waals surface area contributed by atoms with Crippen LogP contribution in [-0.2, 0) is 5.33 Å². The molecule has 1 aromatic rings. The molecule has 1 rings (SSSR count). The summed E-state index contributed by atoms with van der Waals surface area (Å²) in [5, 5.41) is 0.751. The molecule has 0 saturated carbocycles. The first-order valence-corrected chi connectivity index (χ1v) is 3.97. The zero-order valence-electron chi connectivity index (χ0n) is 8.30. The molecule has 0 aliphatic carbocycles. The second-order valence-corrected chi connectivity index (χ2v) is 2.44. The van der Waals surface area contributed by atoms with Crippen LogP contribution in [-0.4, -0.2) is 7.04 Å². The normalized spacial score (nSPS) is 15.1. The SMILES string of the molecule is [2H]C([2H])([2H])Oc1ccc(CBr)cc1. The minimum absolute atomic E-state index is 0.365. The Kier molecular flexibility index (Phi) is 1.59. The number of rotatable bonds is 2. The van der Waals surface area contributed by atoms with E-state index in [9.17, 15) is 0 Å². The van der Waals surface area contributed by atoms with Crippen molar-refractivity contribution in [1.82, 2.24) is 0 Å². The molecule has 10 heavy (non-hydrogen) atoms.